The van der Waals surface area contributed by atoms with Crippen LogP contribution in [-0.2, 0) is 4.79 Å². The lowest BCUT2D eigenvalue weighted by Gasteiger charge is -2.24. The maximum Gasteiger partial charge on any atom is 0.220 e. The third-order valence-corrected chi connectivity index (χ3v) is 3.99. The minimum Gasteiger partial charge on any atom is -0.356 e. The molecule has 2 fully saturated rings. The Balaban J connectivity index is 1.46. The van der Waals surface area contributed by atoms with Gasteiger partial charge in [-0.2, -0.15) is 0 Å². The van der Waals surface area contributed by atoms with E-state index in [2.05, 4.69) is 10.6 Å². The molecule has 1 unspecified atom stereocenters. The Morgan fingerprint density at radius 3 is 2.75 bits per heavy atom. The topological polar surface area (TPSA) is 41.1 Å². The summed E-state index contributed by atoms with van der Waals surface area (Å²) >= 11 is 0. The van der Waals surface area contributed by atoms with Gasteiger partial charge in [0.2, 0.25) is 5.91 Å². The molecule has 0 bridgehead atoms. The first-order chi connectivity index (χ1) is 7.84. The molecule has 1 aliphatic carbocycles. The minimum absolute atomic E-state index is 0.256. The Labute approximate surface area is 98.4 Å². The summed E-state index contributed by atoms with van der Waals surface area (Å²) in [5.74, 6) is 1.86. The molecule has 1 amide bonds. The molecule has 0 aromatic rings. The monoisotopic (exact) mass is 224 g/mol. The molecule has 1 saturated carbocycles. The highest BCUT2D eigenvalue weighted by atomic mass is 16.1. The van der Waals surface area contributed by atoms with E-state index in [-0.39, 0.29) is 5.91 Å². The molecule has 92 valence electrons. The first kappa shape index (κ1) is 11.9. The second-order valence-electron chi connectivity index (χ2n) is 5.35. The van der Waals surface area contributed by atoms with Crippen molar-refractivity contribution >= 4 is 5.91 Å². The highest BCUT2D eigenvalue weighted by Crippen LogP contribution is 2.30. The molecule has 0 spiro atoms. The lowest BCUT2D eigenvalue weighted by atomic mass is 9.82. The first-order valence-corrected chi connectivity index (χ1v) is 6.82. The number of nitrogens with one attached hydrogen (secondary N) is 2. The zero-order valence-electron chi connectivity index (χ0n) is 10.1. The highest BCUT2D eigenvalue weighted by Gasteiger charge is 2.18. The van der Waals surface area contributed by atoms with Crippen LogP contribution in [0, 0.1) is 11.8 Å². The summed E-state index contributed by atoms with van der Waals surface area (Å²) in [6.07, 6.45) is 8.49. The number of amides is 1. The van der Waals surface area contributed by atoms with E-state index in [1.807, 2.05) is 0 Å². The van der Waals surface area contributed by atoms with E-state index in [4.69, 9.17) is 0 Å². The number of rotatable bonds is 6. The van der Waals surface area contributed by atoms with Crippen molar-refractivity contribution in [1.82, 2.24) is 10.6 Å². The number of hydrogen-bond acceptors (Lipinski definition) is 2. The Hall–Kier alpha value is -0.570. The third-order valence-electron chi connectivity index (χ3n) is 3.99. The molecule has 1 aliphatic heterocycles. The Morgan fingerprint density at radius 2 is 2.12 bits per heavy atom. The third kappa shape index (κ3) is 3.78. The van der Waals surface area contributed by atoms with E-state index in [9.17, 15) is 4.79 Å². The number of carbonyl (C=O) groups is 1. The van der Waals surface area contributed by atoms with Gasteiger partial charge in [0.15, 0.2) is 0 Å². The summed E-state index contributed by atoms with van der Waals surface area (Å²) in [5.41, 5.74) is 0. The SMILES string of the molecule is O=C(CCCC1CCC1)NCC1CCNC1. The minimum atomic E-state index is 0.256. The molecular formula is C13H24N2O. The van der Waals surface area contributed by atoms with E-state index < -0.39 is 0 Å². The molecule has 2 N–H and O–H groups in total. The standard InChI is InChI=1S/C13H24N2O/c16-13(6-2-5-11-3-1-4-11)15-10-12-7-8-14-9-12/h11-12,14H,1-10H2,(H,15,16). The van der Waals surface area contributed by atoms with E-state index in [0.717, 1.165) is 38.4 Å². The normalized spacial score (nSPS) is 25.4. The molecule has 2 aliphatic rings. The van der Waals surface area contributed by atoms with Gasteiger partial charge >= 0.3 is 0 Å². The molecule has 1 heterocycles. The van der Waals surface area contributed by atoms with Crippen LogP contribution in [0.15, 0.2) is 0 Å². The van der Waals surface area contributed by atoms with E-state index >= 15 is 0 Å². The van der Waals surface area contributed by atoms with Gasteiger partial charge in [0, 0.05) is 13.0 Å². The second-order valence-corrected chi connectivity index (χ2v) is 5.35. The lowest BCUT2D eigenvalue weighted by Crippen LogP contribution is -2.30. The van der Waals surface area contributed by atoms with Crippen molar-refractivity contribution < 1.29 is 4.79 Å². The van der Waals surface area contributed by atoms with Crippen molar-refractivity contribution in [2.24, 2.45) is 11.8 Å². The van der Waals surface area contributed by atoms with Crippen LogP contribution < -0.4 is 10.6 Å². The molecule has 1 atom stereocenters. The fourth-order valence-corrected chi connectivity index (χ4v) is 2.57. The van der Waals surface area contributed by atoms with E-state index in [1.165, 1.54) is 32.1 Å². The number of hydrogen-bond donors (Lipinski definition) is 2. The summed E-state index contributed by atoms with van der Waals surface area (Å²) in [5, 5.41) is 6.37. The summed E-state index contributed by atoms with van der Waals surface area (Å²) in [7, 11) is 0. The van der Waals surface area contributed by atoms with Crippen molar-refractivity contribution in [1.29, 1.82) is 0 Å². The largest absolute Gasteiger partial charge is 0.356 e. The lowest BCUT2D eigenvalue weighted by molar-refractivity contribution is -0.121. The van der Waals surface area contributed by atoms with Crippen LogP contribution in [0.3, 0.4) is 0 Å². The number of carbonyl (C=O) groups excluding carboxylic acids is 1. The van der Waals surface area contributed by atoms with E-state index in [0.29, 0.717) is 5.92 Å². The Bertz CT molecular complexity index is 220. The van der Waals surface area contributed by atoms with Crippen molar-refractivity contribution in [3.8, 4) is 0 Å². The molecule has 0 aromatic heterocycles. The molecule has 0 radical (unpaired) electrons. The van der Waals surface area contributed by atoms with Gasteiger partial charge < -0.3 is 10.6 Å². The second kappa shape index (κ2) is 6.24. The van der Waals surface area contributed by atoms with Gasteiger partial charge in [0.05, 0.1) is 0 Å². The Morgan fingerprint density at radius 1 is 1.25 bits per heavy atom. The molecule has 3 heteroatoms. The zero-order chi connectivity index (χ0) is 11.2. The predicted molar refractivity (Wildman–Crippen MR) is 65.2 cm³/mol. The van der Waals surface area contributed by atoms with Gasteiger partial charge in [0.1, 0.15) is 0 Å². The molecule has 1 saturated heterocycles. The molecule has 16 heavy (non-hydrogen) atoms. The average Bonchev–Trinajstić information content (AvgIpc) is 2.71. The molecule has 2 rings (SSSR count). The smallest absolute Gasteiger partial charge is 0.220 e. The zero-order valence-corrected chi connectivity index (χ0v) is 10.1. The first-order valence-electron chi connectivity index (χ1n) is 6.82. The highest BCUT2D eigenvalue weighted by molar-refractivity contribution is 5.75. The fourth-order valence-electron chi connectivity index (χ4n) is 2.57. The quantitative estimate of drug-likeness (QED) is 0.721. The van der Waals surface area contributed by atoms with Crippen LogP contribution in [-0.4, -0.2) is 25.5 Å². The maximum absolute atomic E-state index is 11.6. The van der Waals surface area contributed by atoms with Crippen LogP contribution >= 0.6 is 0 Å². The van der Waals surface area contributed by atoms with Crippen molar-refractivity contribution in [3.63, 3.8) is 0 Å². The van der Waals surface area contributed by atoms with Crippen LogP contribution in [0.2, 0.25) is 0 Å². The van der Waals surface area contributed by atoms with E-state index in [1.54, 1.807) is 0 Å². The van der Waals surface area contributed by atoms with Gasteiger partial charge in [-0.1, -0.05) is 19.3 Å². The fraction of sp³-hybridized carbons (Fsp3) is 0.923. The molecule has 3 nitrogen and oxygen atoms in total. The average molecular weight is 224 g/mol. The van der Waals surface area contributed by atoms with Gasteiger partial charge in [-0.05, 0) is 44.2 Å². The summed E-state index contributed by atoms with van der Waals surface area (Å²) in [4.78, 5) is 11.6. The van der Waals surface area contributed by atoms with Gasteiger partial charge in [0.25, 0.3) is 0 Å². The van der Waals surface area contributed by atoms with Crippen molar-refractivity contribution in [2.75, 3.05) is 19.6 Å². The van der Waals surface area contributed by atoms with Crippen molar-refractivity contribution in [3.05, 3.63) is 0 Å². The summed E-state index contributed by atoms with van der Waals surface area (Å²) < 4.78 is 0. The van der Waals surface area contributed by atoms with Gasteiger partial charge in [-0.3, -0.25) is 4.79 Å². The summed E-state index contributed by atoms with van der Waals surface area (Å²) in [6, 6.07) is 0. The predicted octanol–water partition coefficient (Wildman–Crippen LogP) is 1.68. The van der Waals surface area contributed by atoms with Crippen LogP contribution in [0.5, 0.6) is 0 Å². The molecular weight excluding hydrogens is 200 g/mol. The van der Waals surface area contributed by atoms with Crippen LogP contribution in [0.4, 0.5) is 0 Å². The summed E-state index contributed by atoms with van der Waals surface area (Å²) in [6.45, 7) is 3.06. The van der Waals surface area contributed by atoms with Crippen molar-refractivity contribution in [2.45, 2.75) is 44.9 Å². The Kier molecular flexibility index (Phi) is 4.64. The maximum atomic E-state index is 11.6. The van der Waals surface area contributed by atoms with Crippen LogP contribution in [0.1, 0.15) is 44.9 Å². The van der Waals surface area contributed by atoms with Gasteiger partial charge in [-0.25, -0.2) is 0 Å². The molecule has 0 aromatic carbocycles. The van der Waals surface area contributed by atoms with Gasteiger partial charge in [-0.15, -0.1) is 0 Å². The van der Waals surface area contributed by atoms with Crippen LogP contribution in [0.25, 0.3) is 0 Å².